The van der Waals surface area contributed by atoms with Gasteiger partial charge in [-0.3, -0.25) is 9.36 Å². The molecule has 0 aliphatic carbocycles. The van der Waals surface area contributed by atoms with Gasteiger partial charge in [0.25, 0.3) is 14.4 Å². The minimum Gasteiger partial charge on any atom is -0.497 e. The van der Waals surface area contributed by atoms with E-state index in [-0.39, 0.29) is 37.5 Å². The van der Waals surface area contributed by atoms with E-state index in [1.807, 2.05) is 111 Å². The number of hydrogen-bond acceptors (Lipinski definition) is 11. The van der Waals surface area contributed by atoms with E-state index in [1.165, 1.54) is 12.3 Å². The highest BCUT2D eigenvalue weighted by Crippen LogP contribution is 2.51. The summed E-state index contributed by atoms with van der Waals surface area (Å²) in [4.78, 5) is 30.6. The van der Waals surface area contributed by atoms with E-state index < -0.39 is 50.3 Å². The van der Waals surface area contributed by atoms with Crippen molar-refractivity contribution in [3.05, 3.63) is 154 Å². The molecule has 5 aromatic rings. The van der Waals surface area contributed by atoms with Gasteiger partial charge in [0.2, 0.25) is 0 Å². The highest BCUT2D eigenvalue weighted by Gasteiger charge is 2.51. The third kappa shape index (κ3) is 10.3. The van der Waals surface area contributed by atoms with Gasteiger partial charge in [0.1, 0.15) is 35.1 Å². The van der Waals surface area contributed by atoms with Crippen molar-refractivity contribution in [2.45, 2.75) is 76.4 Å². The van der Waals surface area contributed by atoms with Gasteiger partial charge in [-0.2, -0.15) is 10.2 Å². The fourth-order valence-electron chi connectivity index (χ4n) is 7.31. The lowest BCUT2D eigenvalue weighted by Crippen LogP contribution is -2.41. The number of anilines is 1. The van der Waals surface area contributed by atoms with Crippen LogP contribution in [0, 0.1) is 11.3 Å². The maximum absolute atomic E-state index is 17.4. The Balaban J connectivity index is 1.42. The lowest BCUT2D eigenvalue weighted by Gasteiger charge is -2.39. The molecule has 0 bridgehead atoms. The maximum Gasteiger partial charge on any atom is 0.351 e. The molecule has 15 heteroatoms. The summed E-state index contributed by atoms with van der Waals surface area (Å²) in [6, 6.07) is 36.5. The highest BCUT2D eigenvalue weighted by molar-refractivity contribution is 7.44. The first kappa shape index (κ1) is 45.0. The monoisotopic (exact) mass is 851 g/mol. The number of hydrogen-bond donors (Lipinski definition) is 1. The average Bonchev–Trinajstić information content (AvgIpc) is 3.58. The van der Waals surface area contributed by atoms with Gasteiger partial charge in [-0.1, -0.05) is 72.8 Å². The number of nitriles is 1. The second-order valence-electron chi connectivity index (χ2n) is 14.8. The Bertz CT molecular complexity index is 2220. The minimum atomic E-state index is -1.97. The molecular formula is C46H51FN5O8P. The van der Waals surface area contributed by atoms with Crippen molar-refractivity contribution in [3.8, 4) is 17.6 Å². The van der Waals surface area contributed by atoms with Crippen molar-refractivity contribution in [1.29, 1.82) is 5.26 Å². The molecule has 1 fully saturated rings. The molecule has 1 unspecified atom stereocenters. The lowest BCUT2D eigenvalue weighted by atomic mass is 9.80. The molecule has 1 aromatic heterocycles. The van der Waals surface area contributed by atoms with E-state index in [9.17, 15) is 14.9 Å². The number of nitrogens with one attached hydrogen (secondary N) is 1. The van der Waals surface area contributed by atoms with E-state index in [1.54, 1.807) is 44.6 Å². The van der Waals surface area contributed by atoms with Gasteiger partial charge in [0.15, 0.2) is 12.4 Å². The predicted octanol–water partition coefficient (Wildman–Crippen LogP) is 8.42. The smallest absolute Gasteiger partial charge is 0.351 e. The van der Waals surface area contributed by atoms with Crippen LogP contribution < -0.4 is 20.5 Å². The van der Waals surface area contributed by atoms with Crippen LogP contribution in [0.1, 0.15) is 67.4 Å². The van der Waals surface area contributed by atoms with Crippen LogP contribution in [0.4, 0.5) is 10.2 Å². The Morgan fingerprint density at radius 3 is 1.97 bits per heavy atom. The Morgan fingerprint density at radius 1 is 0.885 bits per heavy atom. The quantitative estimate of drug-likeness (QED) is 0.0485. The third-order valence-corrected chi connectivity index (χ3v) is 12.3. The summed E-state index contributed by atoms with van der Waals surface area (Å²) in [7, 11) is 1.22. The van der Waals surface area contributed by atoms with Gasteiger partial charge in [0.05, 0.1) is 39.9 Å². The summed E-state index contributed by atoms with van der Waals surface area (Å²) in [5.41, 5.74) is 0.498. The normalized spacial score (nSPS) is 18.2. The van der Waals surface area contributed by atoms with Crippen LogP contribution in [0.25, 0.3) is 0 Å². The number of nitrogens with zero attached hydrogens (tertiary/aromatic N) is 4. The van der Waals surface area contributed by atoms with Crippen LogP contribution >= 0.6 is 8.53 Å². The minimum absolute atomic E-state index is 0.0123. The lowest BCUT2D eigenvalue weighted by molar-refractivity contribution is -0.0934. The second kappa shape index (κ2) is 20.8. The number of halogens is 1. The molecule has 320 valence electrons. The average molecular weight is 852 g/mol. The van der Waals surface area contributed by atoms with Crippen molar-refractivity contribution < 1.29 is 37.2 Å². The van der Waals surface area contributed by atoms with Crippen LogP contribution in [-0.2, 0) is 24.1 Å². The molecule has 61 heavy (non-hydrogen) atoms. The molecule has 1 saturated heterocycles. The van der Waals surface area contributed by atoms with Gasteiger partial charge in [0, 0.05) is 23.8 Å². The highest BCUT2D eigenvalue weighted by atomic mass is 31.2. The number of alkyl halides is 1. The fourth-order valence-corrected chi connectivity index (χ4v) is 9.08. The zero-order valence-corrected chi connectivity index (χ0v) is 35.9. The molecule has 5 atom stereocenters. The predicted molar refractivity (Wildman–Crippen MR) is 230 cm³/mol. The van der Waals surface area contributed by atoms with Crippen LogP contribution in [0.2, 0.25) is 0 Å². The van der Waals surface area contributed by atoms with E-state index in [0.717, 1.165) is 21.3 Å². The number of methoxy groups -OCH3 is 2. The molecular weight excluding hydrogens is 801 g/mol. The van der Waals surface area contributed by atoms with Gasteiger partial charge in [-0.15, -0.1) is 0 Å². The summed E-state index contributed by atoms with van der Waals surface area (Å²) < 4.78 is 58.0. The number of carbonyl (C=O) groups is 1. The van der Waals surface area contributed by atoms with Gasteiger partial charge >= 0.3 is 5.69 Å². The van der Waals surface area contributed by atoms with Crippen LogP contribution in [0.3, 0.4) is 0 Å². The Hall–Kier alpha value is -5.52. The van der Waals surface area contributed by atoms with Crippen molar-refractivity contribution in [2.75, 3.05) is 32.8 Å². The molecule has 0 saturated carbocycles. The summed E-state index contributed by atoms with van der Waals surface area (Å²) in [6.07, 6.45) is -4.46. The zero-order valence-electron chi connectivity index (χ0n) is 35.0. The number of aromatic nitrogens is 2. The number of carbonyl (C=O) groups excluding carboxylic acids is 1. The van der Waals surface area contributed by atoms with E-state index in [2.05, 4.69) is 16.4 Å². The number of rotatable bonds is 19. The summed E-state index contributed by atoms with van der Waals surface area (Å²) in [5, 5.41) is 12.0. The Labute approximate surface area is 356 Å². The maximum atomic E-state index is 17.4. The third-order valence-electron chi connectivity index (χ3n) is 10.2. The van der Waals surface area contributed by atoms with Crippen LogP contribution in [0.5, 0.6) is 11.5 Å². The van der Waals surface area contributed by atoms with Gasteiger partial charge in [-0.05, 0) is 86.8 Å². The summed E-state index contributed by atoms with van der Waals surface area (Å²) in [6.45, 7) is 7.75. The van der Waals surface area contributed by atoms with Gasteiger partial charge < -0.3 is 33.3 Å². The summed E-state index contributed by atoms with van der Waals surface area (Å²) in [5.74, 6) is 0.814. The van der Waals surface area contributed by atoms with E-state index >= 15 is 4.39 Å². The first-order valence-electron chi connectivity index (χ1n) is 20.0. The summed E-state index contributed by atoms with van der Waals surface area (Å²) >= 11 is 0. The molecule has 0 radical (unpaired) electrons. The molecule has 13 nitrogen and oxygen atoms in total. The molecule has 6 rings (SSSR count). The van der Waals surface area contributed by atoms with Crippen LogP contribution in [0.15, 0.2) is 126 Å². The number of ether oxygens (including phenoxy) is 4. The van der Waals surface area contributed by atoms with Crippen molar-refractivity contribution in [1.82, 2.24) is 14.2 Å². The van der Waals surface area contributed by atoms with Crippen molar-refractivity contribution in [3.63, 3.8) is 0 Å². The zero-order chi connectivity index (χ0) is 43.5. The Morgan fingerprint density at radius 2 is 1.44 bits per heavy atom. The number of amides is 1. The van der Waals surface area contributed by atoms with Crippen LogP contribution in [-0.4, -0.2) is 78.0 Å². The number of benzene rings is 4. The molecule has 4 aromatic carbocycles. The fraction of sp³-hybridized carbons (Fsp3) is 0.348. The van der Waals surface area contributed by atoms with E-state index in [4.69, 9.17) is 28.0 Å². The first-order valence-corrected chi connectivity index (χ1v) is 21.1. The second-order valence-corrected chi connectivity index (χ2v) is 16.2. The molecule has 1 amide bonds. The van der Waals surface area contributed by atoms with Crippen molar-refractivity contribution in [2.24, 2.45) is 0 Å². The van der Waals surface area contributed by atoms with Gasteiger partial charge in [-0.25, -0.2) is 13.9 Å². The van der Waals surface area contributed by atoms with Crippen molar-refractivity contribution >= 4 is 20.3 Å². The first-order chi connectivity index (χ1) is 29.5. The van der Waals surface area contributed by atoms with E-state index in [0.29, 0.717) is 17.1 Å². The molecule has 1 aliphatic rings. The standard InChI is InChI=1S/C46H51FN5O8P/c1-31(2)52(32(3)4)61(58-29-13-27-48)60-42-39(59-44(41(42)47)51-28-26-40(50-45(51)54)49-43(53)33-14-9-7-10-15-33)30-57-46(34-16-11-8-12-17-34,35-18-22-37(55-5)23-19-35)36-20-24-38(56-6)25-21-36/h7-12,14-26,28,31-32,39,41-42,44H,13,29-30H2,1-6H3,(H,49,50,53,54)/t39-,41+,42+,44-,61?/m1/s1. The molecule has 1 aliphatic heterocycles. The molecule has 1 N–H and O–H groups in total. The molecule has 0 spiro atoms. The Kier molecular flexibility index (Phi) is 15.4. The molecule has 2 heterocycles. The SMILES string of the molecule is COc1ccc(C(OC[C@H]2O[C@@H](n3ccc(NC(=O)c4ccccc4)nc3=O)[C@@H](F)[C@H]2OP(OCCC#N)N(C(C)C)C(C)C)(c2ccccc2)c2ccc(OC)cc2)cc1. The topological polar surface area (TPSA) is 146 Å². The largest absolute Gasteiger partial charge is 0.497 e.